The van der Waals surface area contributed by atoms with E-state index in [1.807, 2.05) is 42.7 Å². The number of carbonyl (C=O) groups excluding carboxylic acids is 1. The summed E-state index contributed by atoms with van der Waals surface area (Å²) >= 11 is 1.25. The topological polar surface area (TPSA) is 69.0 Å². The van der Waals surface area contributed by atoms with Crippen LogP contribution in [0.4, 0.5) is 14.5 Å². The molecule has 1 heterocycles. The first-order valence-corrected chi connectivity index (χ1v) is 10.4. The molecule has 6 nitrogen and oxygen atoms in total. The van der Waals surface area contributed by atoms with Gasteiger partial charge in [0.1, 0.15) is 17.4 Å². The molecule has 158 valence electrons. The van der Waals surface area contributed by atoms with E-state index in [0.717, 1.165) is 17.7 Å². The van der Waals surface area contributed by atoms with E-state index in [4.69, 9.17) is 4.74 Å². The normalized spacial score (nSPS) is 11.9. The Morgan fingerprint density at radius 3 is 2.63 bits per heavy atom. The van der Waals surface area contributed by atoms with E-state index in [0.29, 0.717) is 29.7 Å². The Bertz CT molecular complexity index is 1040. The lowest BCUT2D eigenvalue weighted by Gasteiger charge is -2.16. The molecule has 0 aliphatic rings. The fraction of sp³-hybridized carbons (Fsp3) is 0.286. The van der Waals surface area contributed by atoms with E-state index in [2.05, 4.69) is 15.5 Å². The van der Waals surface area contributed by atoms with Gasteiger partial charge in [0, 0.05) is 12.6 Å². The number of nitrogens with one attached hydrogen (secondary N) is 1. The predicted molar refractivity (Wildman–Crippen MR) is 113 cm³/mol. The van der Waals surface area contributed by atoms with Crippen molar-refractivity contribution in [2.75, 3.05) is 12.4 Å². The number of rotatable bonds is 8. The fourth-order valence-corrected chi connectivity index (χ4v) is 3.96. The Labute approximate surface area is 177 Å². The summed E-state index contributed by atoms with van der Waals surface area (Å²) < 4.78 is 34.3. The summed E-state index contributed by atoms with van der Waals surface area (Å²) in [6.07, 6.45) is 0.486. The molecule has 0 spiro atoms. The molecule has 2 aromatic carbocycles. The number of carbonyl (C=O) groups is 1. The molecule has 3 rings (SSSR count). The van der Waals surface area contributed by atoms with Gasteiger partial charge in [-0.2, -0.15) is 0 Å². The largest absolute Gasteiger partial charge is 0.496 e. The van der Waals surface area contributed by atoms with Gasteiger partial charge in [-0.3, -0.25) is 4.79 Å². The second-order valence-corrected chi connectivity index (χ2v) is 7.55. The third-order valence-electron chi connectivity index (χ3n) is 4.48. The lowest BCUT2D eigenvalue weighted by molar-refractivity contribution is -0.115. The number of benzene rings is 2. The lowest BCUT2D eigenvalue weighted by Crippen LogP contribution is -2.25. The van der Waals surface area contributed by atoms with Crippen LogP contribution >= 0.6 is 11.8 Å². The number of hydrogen-bond acceptors (Lipinski definition) is 5. The van der Waals surface area contributed by atoms with E-state index in [1.165, 1.54) is 17.8 Å². The van der Waals surface area contributed by atoms with Gasteiger partial charge < -0.3 is 14.6 Å². The van der Waals surface area contributed by atoms with Crippen LogP contribution in [0.1, 0.15) is 20.3 Å². The maximum absolute atomic E-state index is 13.9. The number of halogens is 2. The number of hydrogen-bond donors (Lipinski definition) is 1. The van der Waals surface area contributed by atoms with Crippen LogP contribution in [0.5, 0.6) is 5.75 Å². The first-order valence-electron chi connectivity index (χ1n) is 9.47. The minimum absolute atomic E-state index is 0.0629. The molecule has 0 aliphatic heterocycles. The van der Waals surface area contributed by atoms with Gasteiger partial charge in [0.15, 0.2) is 11.0 Å². The smallest absolute Gasteiger partial charge is 0.238 e. The van der Waals surface area contributed by atoms with Gasteiger partial charge in [0.05, 0.1) is 23.6 Å². The van der Waals surface area contributed by atoms with Crippen LogP contribution in [-0.2, 0) is 11.3 Å². The molecule has 0 saturated carbocycles. The zero-order valence-electron chi connectivity index (χ0n) is 16.9. The number of aromatic nitrogens is 3. The van der Waals surface area contributed by atoms with Gasteiger partial charge in [-0.05, 0) is 37.6 Å². The van der Waals surface area contributed by atoms with E-state index >= 15 is 0 Å². The number of para-hydroxylation sites is 1. The maximum atomic E-state index is 13.9. The Hall–Kier alpha value is -2.94. The fourth-order valence-electron chi connectivity index (χ4n) is 2.94. The van der Waals surface area contributed by atoms with Crippen LogP contribution in [-0.4, -0.2) is 33.0 Å². The highest BCUT2D eigenvalue weighted by Crippen LogP contribution is 2.33. The van der Waals surface area contributed by atoms with Crippen molar-refractivity contribution < 1.29 is 18.3 Å². The van der Waals surface area contributed by atoms with Gasteiger partial charge in [0.2, 0.25) is 5.91 Å². The number of amides is 1. The summed E-state index contributed by atoms with van der Waals surface area (Å²) in [4.78, 5) is 12.7. The highest BCUT2D eigenvalue weighted by molar-refractivity contribution is 8.00. The summed E-state index contributed by atoms with van der Waals surface area (Å²) in [6.45, 7) is 4.40. The van der Waals surface area contributed by atoms with Crippen LogP contribution in [0.3, 0.4) is 0 Å². The summed E-state index contributed by atoms with van der Waals surface area (Å²) in [5.74, 6) is -0.604. The number of anilines is 1. The van der Waals surface area contributed by atoms with Crippen molar-refractivity contribution in [3.05, 3.63) is 54.1 Å². The molecule has 0 fully saturated rings. The number of thioether (sulfide) groups is 1. The second kappa shape index (κ2) is 9.71. The molecule has 1 unspecified atom stereocenters. The van der Waals surface area contributed by atoms with E-state index in [9.17, 15) is 13.6 Å². The van der Waals surface area contributed by atoms with Crippen molar-refractivity contribution in [1.29, 1.82) is 0 Å². The molecule has 0 aliphatic carbocycles. The lowest BCUT2D eigenvalue weighted by atomic mass is 10.2. The molecule has 1 atom stereocenters. The molecular formula is C21H22F2N4O2S. The van der Waals surface area contributed by atoms with Gasteiger partial charge in [-0.15, -0.1) is 10.2 Å². The van der Waals surface area contributed by atoms with Crippen LogP contribution in [0.25, 0.3) is 11.4 Å². The molecule has 9 heteroatoms. The molecule has 1 N–H and O–H groups in total. The standard InChI is InChI=1S/C21H22F2N4O2S/c1-4-18(20(28)24-16-11-10-13(22)12-15(16)23)30-21-26-25-19(27(21)5-2)14-8-6-7-9-17(14)29-3/h6-12,18H,4-5H2,1-3H3,(H,24,28). The minimum Gasteiger partial charge on any atom is -0.496 e. The third-order valence-corrected chi connectivity index (χ3v) is 5.83. The summed E-state index contributed by atoms with van der Waals surface area (Å²) in [5.41, 5.74) is 0.735. The molecule has 0 radical (unpaired) electrons. The Balaban J connectivity index is 1.83. The molecule has 3 aromatic rings. The molecule has 1 amide bonds. The van der Waals surface area contributed by atoms with Crippen LogP contribution in [0, 0.1) is 11.6 Å². The zero-order chi connectivity index (χ0) is 21.7. The third kappa shape index (κ3) is 4.62. The maximum Gasteiger partial charge on any atom is 0.238 e. The molecule has 0 bridgehead atoms. The van der Waals surface area contributed by atoms with Crippen molar-refractivity contribution in [2.45, 2.75) is 37.2 Å². The zero-order valence-corrected chi connectivity index (χ0v) is 17.7. The van der Waals surface area contributed by atoms with E-state index in [1.54, 1.807) is 7.11 Å². The average molecular weight is 432 g/mol. The van der Waals surface area contributed by atoms with Crippen LogP contribution < -0.4 is 10.1 Å². The Kier molecular flexibility index (Phi) is 7.04. The molecule has 30 heavy (non-hydrogen) atoms. The summed E-state index contributed by atoms with van der Waals surface area (Å²) in [5, 5.41) is 11.1. The Morgan fingerprint density at radius 2 is 1.97 bits per heavy atom. The first kappa shape index (κ1) is 21.8. The quantitative estimate of drug-likeness (QED) is 0.520. The van der Waals surface area contributed by atoms with Gasteiger partial charge >= 0.3 is 0 Å². The van der Waals surface area contributed by atoms with Crippen molar-refractivity contribution in [1.82, 2.24) is 14.8 Å². The van der Waals surface area contributed by atoms with Crippen molar-refractivity contribution in [2.24, 2.45) is 0 Å². The van der Waals surface area contributed by atoms with Crippen LogP contribution in [0.15, 0.2) is 47.6 Å². The van der Waals surface area contributed by atoms with E-state index in [-0.39, 0.29) is 5.69 Å². The Morgan fingerprint density at radius 1 is 1.20 bits per heavy atom. The monoisotopic (exact) mass is 432 g/mol. The average Bonchev–Trinajstić information content (AvgIpc) is 3.16. The number of ether oxygens (including phenoxy) is 1. The van der Waals surface area contributed by atoms with Gasteiger partial charge in [0.25, 0.3) is 0 Å². The van der Waals surface area contributed by atoms with Crippen molar-refractivity contribution in [3.63, 3.8) is 0 Å². The highest BCUT2D eigenvalue weighted by atomic mass is 32.2. The van der Waals surface area contributed by atoms with Gasteiger partial charge in [-0.25, -0.2) is 8.78 Å². The van der Waals surface area contributed by atoms with Crippen LogP contribution in [0.2, 0.25) is 0 Å². The summed E-state index contributed by atoms with van der Waals surface area (Å²) in [6, 6.07) is 10.5. The molecule has 1 aromatic heterocycles. The van der Waals surface area contributed by atoms with Gasteiger partial charge in [-0.1, -0.05) is 30.8 Å². The predicted octanol–water partition coefficient (Wildman–Crippen LogP) is 4.76. The van der Waals surface area contributed by atoms with E-state index < -0.39 is 22.8 Å². The minimum atomic E-state index is -0.821. The SMILES string of the molecule is CCC(Sc1nnc(-c2ccccc2OC)n1CC)C(=O)Nc1ccc(F)cc1F. The van der Waals surface area contributed by atoms with Crippen molar-refractivity contribution in [3.8, 4) is 17.1 Å². The number of nitrogens with zero attached hydrogens (tertiary/aromatic N) is 3. The first-order chi connectivity index (χ1) is 14.5. The molecule has 0 saturated heterocycles. The second-order valence-electron chi connectivity index (χ2n) is 6.38. The summed E-state index contributed by atoms with van der Waals surface area (Å²) in [7, 11) is 1.59. The van der Waals surface area contributed by atoms with Crippen molar-refractivity contribution >= 4 is 23.4 Å². The number of methoxy groups -OCH3 is 1. The molecular weight excluding hydrogens is 410 g/mol. The highest BCUT2D eigenvalue weighted by Gasteiger charge is 2.24.